The fourth-order valence-corrected chi connectivity index (χ4v) is 3.64. The van der Waals surface area contributed by atoms with Crippen LogP contribution in [0.1, 0.15) is 13.8 Å². The summed E-state index contributed by atoms with van der Waals surface area (Å²) in [5.41, 5.74) is 7.07. The fraction of sp³-hybridized carbons (Fsp3) is 0.533. The molecule has 20 heavy (non-hydrogen) atoms. The highest BCUT2D eigenvalue weighted by molar-refractivity contribution is 7.22. The number of hydrogen-bond acceptors (Lipinski definition) is 5. The van der Waals surface area contributed by atoms with Gasteiger partial charge < -0.3 is 10.6 Å². The Morgan fingerprint density at radius 1 is 1.20 bits per heavy atom. The number of nitrogens with two attached hydrogens (primary N) is 1. The maximum atomic E-state index is 5.87. The highest BCUT2D eigenvalue weighted by atomic mass is 32.1. The van der Waals surface area contributed by atoms with E-state index in [4.69, 9.17) is 10.7 Å². The number of benzene rings is 1. The van der Waals surface area contributed by atoms with Crippen LogP contribution in [0.25, 0.3) is 10.2 Å². The summed E-state index contributed by atoms with van der Waals surface area (Å²) >= 11 is 1.79. The number of para-hydroxylation sites is 1. The number of fused-ring (bicyclic) bond motifs is 1. The van der Waals surface area contributed by atoms with Crippen molar-refractivity contribution in [1.29, 1.82) is 0 Å². The van der Waals surface area contributed by atoms with Crippen molar-refractivity contribution in [1.82, 2.24) is 9.88 Å². The summed E-state index contributed by atoms with van der Waals surface area (Å²) in [5.74, 6) is 0. The van der Waals surface area contributed by atoms with Gasteiger partial charge in [0.15, 0.2) is 5.13 Å². The Morgan fingerprint density at radius 3 is 2.55 bits per heavy atom. The zero-order valence-electron chi connectivity index (χ0n) is 12.2. The monoisotopic (exact) mass is 290 g/mol. The van der Waals surface area contributed by atoms with Crippen molar-refractivity contribution in [3.05, 3.63) is 24.3 Å². The third-order valence-electron chi connectivity index (χ3n) is 4.19. The summed E-state index contributed by atoms with van der Waals surface area (Å²) in [6.45, 7) is 9.32. The van der Waals surface area contributed by atoms with Crippen molar-refractivity contribution < 1.29 is 0 Å². The van der Waals surface area contributed by atoms with Gasteiger partial charge in [-0.2, -0.15) is 0 Å². The van der Waals surface area contributed by atoms with Crippen LogP contribution in [0.5, 0.6) is 0 Å². The minimum absolute atomic E-state index is 0.0969. The molecule has 108 valence electrons. The van der Waals surface area contributed by atoms with Gasteiger partial charge in [0, 0.05) is 38.3 Å². The van der Waals surface area contributed by atoms with Crippen LogP contribution < -0.4 is 10.6 Å². The van der Waals surface area contributed by atoms with Crippen LogP contribution >= 0.6 is 11.3 Å². The van der Waals surface area contributed by atoms with E-state index < -0.39 is 0 Å². The van der Waals surface area contributed by atoms with Crippen LogP contribution in [0, 0.1) is 0 Å². The lowest BCUT2D eigenvalue weighted by atomic mass is 10.0. The first-order chi connectivity index (χ1) is 9.60. The minimum Gasteiger partial charge on any atom is -0.345 e. The zero-order valence-corrected chi connectivity index (χ0v) is 13.0. The van der Waals surface area contributed by atoms with Crippen molar-refractivity contribution in [2.45, 2.75) is 19.4 Å². The predicted molar refractivity (Wildman–Crippen MR) is 86.5 cm³/mol. The van der Waals surface area contributed by atoms with Gasteiger partial charge in [0.05, 0.1) is 10.2 Å². The van der Waals surface area contributed by atoms with Crippen LogP contribution in [0.4, 0.5) is 5.13 Å². The molecule has 1 fully saturated rings. The molecule has 0 aliphatic carbocycles. The van der Waals surface area contributed by atoms with Crippen LogP contribution in [-0.4, -0.2) is 48.1 Å². The third-order valence-corrected chi connectivity index (χ3v) is 5.29. The summed E-state index contributed by atoms with van der Waals surface area (Å²) in [5, 5.41) is 1.15. The maximum absolute atomic E-state index is 5.87. The smallest absolute Gasteiger partial charge is 0.186 e. The summed E-state index contributed by atoms with van der Waals surface area (Å²) < 4.78 is 1.27. The van der Waals surface area contributed by atoms with Crippen molar-refractivity contribution in [3.8, 4) is 0 Å². The Hall–Kier alpha value is -1.17. The lowest BCUT2D eigenvalue weighted by Gasteiger charge is -2.43. The second-order valence-electron chi connectivity index (χ2n) is 5.95. The number of nitrogens with zero attached hydrogens (tertiary/aromatic N) is 3. The largest absolute Gasteiger partial charge is 0.345 e. The SMILES string of the molecule is CC(C)(CN)N1CCN(c2nc3ccccc3s2)CC1. The Bertz CT molecular complexity index is 551. The van der Waals surface area contributed by atoms with Gasteiger partial charge in [-0.3, -0.25) is 4.90 Å². The van der Waals surface area contributed by atoms with Gasteiger partial charge in [0.2, 0.25) is 0 Å². The Balaban J connectivity index is 1.72. The number of thiazole rings is 1. The normalized spacial score (nSPS) is 17.9. The highest BCUT2D eigenvalue weighted by Gasteiger charge is 2.29. The first kappa shape index (κ1) is 13.8. The molecule has 0 unspecified atom stereocenters. The lowest BCUT2D eigenvalue weighted by Crippen LogP contribution is -2.57. The van der Waals surface area contributed by atoms with E-state index in [-0.39, 0.29) is 5.54 Å². The number of aromatic nitrogens is 1. The van der Waals surface area contributed by atoms with E-state index in [1.807, 2.05) is 6.07 Å². The molecule has 2 aromatic rings. The molecule has 2 heterocycles. The summed E-state index contributed by atoms with van der Waals surface area (Å²) in [7, 11) is 0. The van der Waals surface area contributed by atoms with Gasteiger partial charge >= 0.3 is 0 Å². The van der Waals surface area contributed by atoms with Gasteiger partial charge in [0.25, 0.3) is 0 Å². The Labute approximate surface area is 124 Å². The van der Waals surface area contributed by atoms with Gasteiger partial charge in [0.1, 0.15) is 0 Å². The van der Waals surface area contributed by atoms with E-state index in [0.717, 1.165) is 36.8 Å². The zero-order chi connectivity index (χ0) is 14.2. The molecule has 0 saturated carbocycles. The van der Waals surface area contributed by atoms with Gasteiger partial charge in [-0.15, -0.1) is 0 Å². The average molecular weight is 290 g/mol. The molecule has 4 nitrogen and oxygen atoms in total. The van der Waals surface area contributed by atoms with Crippen molar-refractivity contribution >= 4 is 26.7 Å². The average Bonchev–Trinajstić information content (AvgIpc) is 2.91. The summed E-state index contributed by atoms with van der Waals surface area (Å²) in [6, 6.07) is 8.35. The predicted octanol–water partition coefficient (Wildman–Crippen LogP) is 2.16. The van der Waals surface area contributed by atoms with Gasteiger partial charge in [-0.05, 0) is 26.0 Å². The maximum Gasteiger partial charge on any atom is 0.186 e. The van der Waals surface area contributed by atoms with E-state index in [2.05, 4.69) is 41.8 Å². The molecule has 1 aliphatic rings. The Kier molecular flexibility index (Phi) is 3.67. The topological polar surface area (TPSA) is 45.4 Å². The molecule has 5 heteroatoms. The molecular weight excluding hydrogens is 268 g/mol. The van der Waals surface area contributed by atoms with E-state index in [0.29, 0.717) is 6.54 Å². The molecular formula is C15H22N4S. The van der Waals surface area contributed by atoms with Crippen molar-refractivity contribution in [2.75, 3.05) is 37.6 Å². The van der Waals surface area contributed by atoms with Crippen LogP contribution in [-0.2, 0) is 0 Å². The number of hydrogen-bond donors (Lipinski definition) is 1. The number of anilines is 1. The molecule has 1 aromatic carbocycles. The molecule has 1 aromatic heterocycles. The van der Waals surface area contributed by atoms with Crippen molar-refractivity contribution in [2.24, 2.45) is 5.73 Å². The molecule has 1 saturated heterocycles. The third kappa shape index (κ3) is 2.53. The van der Waals surface area contributed by atoms with Crippen LogP contribution in [0.15, 0.2) is 24.3 Å². The second kappa shape index (κ2) is 5.31. The standard InChI is InChI=1S/C15H22N4S/c1-15(2,11-16)19-9-7-18(8-10-19)14-17-12-5-3-4-6-13(12)20-14/h3-6H,7-11,16H2,1-2H3. The molecule has 2 N–H and O–H groups in total. The van der Waals surface area contributed by atoms with E-state index in [9.17, 15) is 0 Å². The van der Waals surface area contributed by atoms with Gasteiger partial charge in [-0.25, -0.2) is 4.98 Å². The molecule has 1 aliphatic heterocycles. The Morgan fingerprint density at radius 2 is 1.90 bits per heavy atom. The van der Waals surface area contributed by atoms with Gasteiger partial charge in [-0.1, -0.05) is 23.5 Å². The van der Waals surface area contributed by atoms with Crippen LogP contribution in [0.2, 0.25) is 0 Å². The van der Waals surface area contributed by atoms with Crippen LogP contribution in [0.3, 0.4) is 0 Å². The lowest BCUT2D eigenvalue weighted by molar-refractivity contribution is 0.119. The molecule has 0 atom stereocenters. The second-order valence-corrected chi connectivity index (χ2v) is 6.96. The first-order valence-corrected chi connectivity index (χ1v) is 7.97. The first-order valence-electron chi connectivity index (χ1n) is 7.16. The number of piperazine rings is 1. The molecule has 0 amide bonds. The minimum atomic E-state index is 0.0969. The quantitative estimate of drug-likeness (QED) is 0.941. The summed E-state index contributed by atoms with van der Waals surface area (Å²) in [4.78, 5) is 9.62. The van der Waals surface area contributed by atoms with E-state index in [1.165, 1.54) is 4.70 Å². The molecule has 3 rings (SSSR count). The number of rotatable bonds is 3. The molecule has 0 spiro atoms. The van der Waals surface area contributed by atoms with E-state index >= 15 is 0 Å². The summed E-state index contributed by atoms with van der Waals surface area (Å²) in [6.07, 6.45) is 0. The highest BCUT2D eigenvalue weighted by Crippen LogP contribution is 2.29. The van der Waals surface area contributed by atoms with Crippen molar-refractivity contribution in [3.63, 3.8) is 0 Å². The fourth-order valence-electron chi connectivity index (χ4n) is 2.63. The van der Waals surface area contributed by atoms with E-state index in [1.54, 1.807) is 11.3 Å². The molecule has 0 radical (unpaired) electrons. The molecule has 0 bridgehead atoms.